The SMILES string of the molecule is [N-]=[N+]=NC(=O)c1ccc(-c2cnc(NC(=O)Cc3ccc(Br)cc3)c(C3CCCCC3)n2)cc1. The van der Waals surface area contributed by atoms with Crippen LogP contribution in [0.1, 0.15) is 59.6 Å². The van der Waals surface area contributed by atoms with E-state index in [1.165, 1.54) is 6.42 Å². The largest absolute Gasteiger partial charge is 0.309 e. The first-order valence-corrected chi connectivity index (χ1v) is 11.9. The zero-order valence-corrected chi connectivity index (χ0v) is 20.0. The number of amides is 2. The Labute approximate surface area is 205 Å². The van der Waals surface area contributed by atoms with E-state index in [0.717, 1.165) is 47.0 Å². The van der Waals surface area contributed by atoms with E-state index >= 15 is 0 Å². The van der Waals surface area contributed by atoms with E-state index in [9.17, 15) is 9.59 Å². The number of hydrogen-bond donors (Lipinski definition) is 1. The van der Waals surface area contributed by atoms with Crippen LogP contribution in [0.25, 0.3) is 21.7 Å². The van der Waals surface area contributed by atoms with E-state index < -0.39 is 5.91 Å². The first-order valence-electron chi connectivity index (χ1n) is 11.1. The van der Waals surface area contributed by atoms with Gasteiger partial charge in [0.15, 0.2) is 5.82 Å². The molecule has 1 fully saturated rings. The summed E-state index contributed by atoms with van der Waals surface area (Å²) in [5.41, 5.74) is 11.9. The molecule has 0 radical (unpaired) electrons. The van der Waals surface area contributed by atoms with Crippen molar-refractivity contribution in [1.29, 1.82) is 0 Å². The second-order valence-corrected chi connectivity index (χ2v) is 9.16. The smallest absolute Gasteiger partial charge is 0.249 e. The molecule has 1 heterocycles. The second kappa shape index (κ2) is 11.0. The molecule has 2 aromatic carbocycles. The topological polar surface area (TPSA) is 121 Å². The maximum Gasteiger partial charge on any atom is 0.249 e. The molecule has 1 aliphatic carbocycles. The molecule has 8 nitrogen and oxygen atoms in total. The number of halogens is 1. The number of anilines is 1. The molecule has 0 saturated heterocycles. The lowest BCUT2D eigenvalue weighted by atomic mass is 9.86. The van der Waals surface area contributed by atoms with Crippen LogP contribution >= 0.6 is 15.9 Å². The van der Waals surface area contributed by atoms with Crippen LogP contribution in [0.15, 0.2) is 64.3 Å². The van der Waals surface area contributed by atoms with Crippen molar-refractivity contribution in [2.45, 2.75) is 44.4 Å². The van der Waals surface area contributed by atoms with Crippen LogP contribution in [-0.2, 0) is 11.2 Å². The third-order valence-electron chi connectivity index (χ3n) is 5.89. The van der Waals surface area contributed by atoms with Gasteiger partial charge in [-0.3, -0.25) is 9.59 Å². The summed E-state index contributed by atoms with van der Waals surface area (Å²) >= 11 is 3.41. The number of hydrogen-bond acceptors (Lipinski definition) is 4. The Morgan fingerprint density at radius 1 is 1.06 bits per heavy atom. The fourth-order valence-corrected chi connectivity index (χ4v) is 4.41. The summed E-state index contributed by atoms with van der Waals surface area (Å²) in [7, 11) is 0. The zero-order valence-electron chi connectivity index (χ0n) is 18.4. The van der Waals surface area contributed by atoms with Gasteiger partial charge in [-0.05, 0) is 41.2 Å². The van der Waals surface area contributed by atoms with Gasteiger partial charge in [0, 0.05) is 26.4 Å². The van der Waals surface area contributed by atoms with Crippen LogP contribution in [0, 0.1) is 0 Å². The van der Waals surface area contributed by atoms with E-state index in [2.05, 4.69) is 36.3 Å². The minimum atomic E-state index is -0.633. The number of nitrogens with zero attached hydrogens (tertiary/aromatic N) is 5. The van der Waals surface area contributed by atoms with Crippen molar-refractivity contribution in [1.82, 2.24) is 9.97 Å². The zero-order chi connectivity index (χ0) is 23.9. The number of carbonyl (C=O) groups excluding carboxylic acids is 2. The normalized spacial score (nSPS) is 13.7. The van der Waals surface area contributed by atoms with Crippen LogP contribution < -0.4 is 5.32 Å². The predicted molar refractivity (Wildman–Crippen MR) is 133 cm³/mol. The highest BCUT2D eigenvalue weighted by Gasteiger charge is 2.23. The summed E-state index contributed by atoms with van der Waals surface area (Å²) in [6.07, 6.45) is 7.35. The summed E-state index contributed by atoms with van der Waals surface area (Å²) in [6, 6.07) is 14.4. The highest BCUT2D eigenvalue weighted by Crippen LogP contribution is 2.35. The van der Waals surface area contributed by atoms with Crippen LogP contribution in [-0.4, -0.2) is 21.8 Å². The molecule has 1 aliphatic rings. The average molecular weight is 519 g/mol. The van der Waals surface area contributed by atoms with E-state index in [1.54, 1.807) is 30.5 Å². The van der Waals surface area contributed by atoms with Gasteiger partial charge in [0.1, 0.15) is 0 Å². The van der Waals surface area contributed by atoms with Crippen molar-refractivity contribution in [3.8, 4) is 11.3 Å². The lowest BCUT2D eigenvalue weighted by Crippen LogP contribution is -2.19. The summed E-state index contributed by atoms with van der Waals surface area (Å²) < 4.78 is 0.966. The van der Waals surface area contributed by atoms with Gasteiger partial charge in [-0.25, -0.2) is 9.97 Å². The van der Waals surface area contributed by atoms with E-state index in [0.29, 0.717) is 17.1 Å². The average Bonchev–Trinajstić information content (AvgIpc) is 2.86. The standard InChI is InChI=1S/C25H23BrN6O2/c26-20-12-6-16(7-13-20)14-22(33)30-24-23(18-4-2-1-3-5-18)29-21(15-28-24)17-8-10-19(11-9-17)25(34)31-32-27/h6-13,15,18H,1-5,14H2,(H,28,30,33). The maximum atomic E-state index is 12.8. The number of carbonyl (C=O) groups is 2. The molecule has 4 rings (SSSR count). The number of aromatic nitrogens is 2. The van der Waals surface area contributed by atoms with Gasteiger partial charge in [0.2, 0.25) is 11.8 Å². The molecule has 0 aliphatic heterocycles. The van der Waals surface area contributed by atoms with Crippen molar-refractivity contribution in [2.75, 3.05) is 5.32 Å². The van der Waals surface area contributed by atoms with E-state index in [4.69, 9.17) is 10.5 Å². The fourth-order valence-electron chi connectivity index (χ4n) is 4.15. The minimum absolute atomic E-state index is 0.137. The first-order chi connectivity index (χ1) is 16.5. The number of benzene rings is 2. The lowest BCUT2D eigenvalue weighted by molar-refractivity contribution is -0.115. The van der Waals surface area contributed by atoms with Gasteiger partial charge in [0.05, 0.1) is 24.0 Å². The number of nitrogens with one attached hydrogen (secondary N) is 1. The van der Waals surface area contributed by atoms with Gasteiger partial charge < -0.3 is 5.32 Å². The third-order valence-corrected chi connectivity index (χ3v) is 6.42. The molecular weight excluding hydrogens is 496 g/mol. The lowest BCUT2D eigenvalue weighted by Gasteiger charge is -2.23. The molecule has 34 heavy (non-hydrogen) atoms. The van der Waals surface area contributed by atoms with Crippen LogP contribution in [0.2, 0.25) is 0 Å². The highest BCUT2D eigenvalue weighted by atomic mass is 79.9. The Bertz CT molecular complexity index is 1230. The summed E-state index contributed by atoms with van der Waals surface area (Å²) in [4.78, 5) is 36.5. The van der Waals surface area contributed by atoms with Crippen molar-refractivity contribution in [3.63, 3.8) is 0 Å². The van der Waals surface area contributed by atoms with Crippen molar-refractivity contribution >= 4 is 33.6 Å². The molecule has 0 spiro atoms. The highest BCUT2D eigenvalue weighted by molar-refractivity contribution is 9.10. The molecule has 172 valence electrons. The maximum absolute atomic E-state index is 12.8. The Morgan fingerprint density at radius 3 is 2.44 bits per heavy atom. The van der Waals surface area contributed by atoms with Gasteiger partial charge in [-0.1, -0.05) is 71.6 Å². The van der Waals surface area contributed by atoms with Gasteiger partial charge in [-0.15, -0.1) is 0 Å². The predicted octanol–water partition coefficient (Wildman–Crippen LogP) is 6.59. The summed E-state index contributed by atoms with van der Waals surface area (Å²) in [5.74, 6) is -0.0304. The Morgan fingerprint density at radius 2 is 1.76 bits per heavy atom. The molecule has 1 saturated carbocycles. The number of rotatable bonds is 6. The second-order valence-electron chi connectivity index (χ2n) is 8.25. The molecule has 9 heteroatoms. The monoisotopic (exact) mass is 518 g/mol. The van der Waals surface area contributed by atoms with Crippen molar-refractivity contribution in [2.24, 2.45) is 5.11 Å². The van der Waals surface area contributed by atoms with Gasteiger partial charge in [0.25, 0.3) is 0 Å². The third kappa shape index (κ3) is 5.87. The van der Waals surface area contributed by atoms with Crippen molar-refractivity contribution in [3.05, 3.63) is 86.5 Å². The first kappa shape index (κ1) is 23.6. The van der Waals surface area contributed by atoms with E-state index in [-0.39, 0.29) is 18.2 Å². The molecule has 0 bridgehead atoms. The van der Waals surface area contributed by atoms with Crippen LogP contribution in [0.5, 0.6) is 0 Å². The Kier molecular flexibility index (Phi) is 7.67. The Balaban J connectivity index is 1.59. The molecule has 1 aromatic heterocycles. The molecule has 3 aromatic rings. The van der Waals surface area contributed by atoms with E-state index in [1.807, 2.05) is 24.3 Å². The summed E-state index contributed by atoms with van der Waals surface area (Å²) in [5, 5.41) is 6.09. The molecule has 2 amide bonds. The number of azide groups is 1. The molecule has 0 unspecified atom stereocenters. The molecular formula is C25H23BrN6O2. The Hall–Kier alpha value is -3.55. The fraction of sp³-hybridized carbons (Fsp3) is 0.280. The molecule has 1 N–H and O–H groups in total. The van der Waals surface area contributed by atoms with Gasteiger partial charge in [-0.2, -0.15) is 0 Å². The van der Waals surface area contributed by atoms with Gasteiger partial charge >= 0.3 is 0 Å². The van der Waals surface area contributed by atoms with Crippen LogP contribution in [0.4, 0.5) is 5.82 Å². The quantitative estimate of drug-likeness (QED) is 0.224. The van der Waals surface area contributed by atoms with Crippen LogP contribution in [0.3, 0.4) is 0 Å². The minimum Gasteiger partial charge on any atom is -0.309 e. The molecule has 0 atom stereocenters. The summed E-state index contributed by atoms with van der Waals surface area (Å²) in [6.45, 7) is 0. The van der Waals surface area contributed by atoms with Crippen molar-refractivity contribution < 1.29 is 9.59 Å².